The van der Waals surface area contributed by atoms with Crippen molar-refractivity contribution in [2.75, 3.05) is 14.1 Å². The average Bonchev–Trinajstić information content (AvgIpc) is 2.81. The Labute approximate surface area is 203 Å². The molecule has 0 saturated heterocycles. The van der Waals surface area contributed by atoms with Gasteiger partial charge in [0.15, 0.2) is 0 Å². The van der Waals surface area contributed by atoms with Crippen molar-refractivity contribution in [3.8, 4) is 16.9 Å². The van der Waals surface area contributed by atoms with Crippen molar-refractivity contribution in [2.45, 2.75) is 25.7 Å². The van der Waals surface area contributed by atoms with E-state index in [0.717, 1.165) is 9.87 Å². The van der Waals surface area contributed by atoms with Crippen LogP contribution in [-0.4, -0.2) is 32.8 Å². The van der Waals surface area contributed by atoms with Crippen LogP contribution in [0.2, 0.25) is 0 Å². The van der Waals surface area contributed by atoms with E-state index in [0.29, 0.717) is 27.8 Å². The molecule has 0 amide bonds. The molecule has 0 bridgehead atoms. The maximum Gasteiger partial charge on any atom is 0.343 e. The highest BCUT2D eigenvalue weighted by Gasteiger charge is 2.24. The fourth-order valence-corrected chi connectivity index (χ4v) is 5.08. The van der Waals surface area contributed by atoms with Crippen molar-refractivity contribution in [1.29, 1.82) is 0 Å². The Hall–Kier alpha value is -3.75. The molecule has 0 atom stereocenters. The van der Waals surface area contributed by atoms with Crippen molar-refractivity contribution in [2.24, 2.45) is 0 Å². The van der Waals surface area contributed by atoms with E-state index in [1.54, 1.807) is 32.9 Å². The van der Waals surface area contributed by atoms with Crippen LogP contribution in [0.5, 0.6) is 5.75 Å². The monoisotopic (exact) mass is 491 g/mol. The molecule has 0 fully saturated rings. The Bertz CT molecular complexity index is 1620. The lowest BCUT2D eigenvalue weighted by Gasteiger charge is -2.16. The zero-order chi connectivity index (χ0) is 25.5. The highest BCUT2D eigenvalue weighted by molar-refractivity contribution is 7.89. The third-order valence-corrected chi connectivity index (χ3v) is 7.87. The van der Waals surface area contributed by atoms with Gasteiger partial charge in [0.1, 0.15) is 17.1 Å². The summed E-state index contributed by atoms with van der Waals surface area (Å²) in [5, 5.41) is 0.361. The summed E-state index contributed by atoms with van der Waals surface area (Å²) in [7, 11) is -0.881. The van der Waals surface area contributed by atoms with Gasteiger partial charge in [-0.15, -0.1) is 0 Å². The van der Waals surface area contributed by atoms with Crippen LogP contribution in [0.3, 0.4) is 0 Å². The van der Waals surface area contributed by atoms with Gasteiger partial charge >= 0.3 is 5.97 Å². The highest BCUT2D eigenvalue weighted by atomic mass is 32.2. The molecular formula is C27H25NO6S. The molecule has 0 aliphatic rings. The largest absolute Gasteiger partial charge is 0.460 e. The first-order valence-electron chi connectivity index (χ1n) is 10.9. The number of aryl methyl sites for hydroxylation is 2. The van der Waals surface area contributed by atoms with Gasteiger partial charge in [0.2, 0.25) is 15.5 Å². The number of fused-ring (bicyclic) bond motifs is 1. The van der Waals surface area contributed by atoms with Crippen molar-refractivity contribution in [3.63, 3.8) is 0 Å². The van der Waals surface area contributed by atoms with E-state index in [4.69, 9.17) is 9.15 Å². The summed E-state index contributed by atoms with van der Waals surface area (Å²) in [5.74, 6) is -0.0970. The maximum absolute atomic E-state index is 13.1. The van der Waals surface area contributed by atoms with Gasteiger partial charge in [0.05, 0.1) is 21.4 Å². The lowest BCUT2D eigenvalue weighted by molar-refractivity contribution is 0.0734. The first kappa shape index (κ1) is 24.4. The third-order valence-electron chi connectivity index (χ3n) is 5.93. The number of rotatable bonds is 5. The Morgan fingerprint density at radius 2 is 1.63 bits per heavy atom. The van der Waals surface area contributed by atoms with Crippen LogP contribution in [-0.2, 0) is 10.0 Å². The number of ether oxygens (including phenoxy) is 1. The van der Waals surface area contributed by atoms with Gasteiger partial charge in [-0.25, -0.2) is 17.5 Å². The SMILES string of the molecule is Cc1cc(C(=O)Oc2ccc3c(=O)c(-c4ccccc4)c(C)oc3c2)cc(S(=O)(=O)N(C)C)c1C. The van der Waals surface area contributed by atoms with Crippen molar-refractivity contribution < 1.29 is 22.4 Å². The quantitative estimate of drug-likeness (QED) is 0.293. The molecule has 0 aliphatic carbocycles. The molecule has 8 heteroatoms. The molecule has 1 heterocycles. The van der Waals surface area contributed by atoms with Gasteiger partial charge in [-0.1, -0.05) is 30.3 Å². The second-order valence-corrected chi connectivity index (χ2v) is 10.6. The van der Waals surface area contributed by atoms with Crippen LogP contribution in [0.4, 0.5) is 0 Å². The fourth-order valence-electron chi connectivity index (χ4n) is 3.86. The Kier molecular flexibility index (Phi) is 6.36. The number of hydrogen-bond acceptors (Lipinski definition) is 6. The van der Waals surface area contributed by atoms with E-state index in [1.165, 1.54) is 32.3 Å². The van der Waals surface area contributed by atoms with Gasteiger partial charge in [-0.3, -0.25) is 4.79 Å². The molecule has 35 heavy (non-hydrogen) atoms. The lowest BCUT2D eigenvalue weighted by atomic mass is 10.0. The van der Waals surface area contributed by atoms with E-state index >= 15 is 0 Å². The molecule has 4 rings (SSSR count). The van der Waals surface area contributed by atoms with Gasteiger partial charge in [-0.05, 0) is 61.7 Å². The average molecular weight is 492 g/mol. The number of hydrogen-bond donors (Lipinski definition) is 0. The van der Waals surface area contributed by atoms with E-state index in [1.807, 2.05) is 30.3 Å². The van der Waals surface area contributed by atoms with E-state index in [9.17, 15) is 18.0 Å². The first-order valence-corrected chi connectivity index (χ1v) is 12.3. The third kappa shape index (κ3) is 4.50. The molecule has 0 saturated carbocycles. The predicted molar refractivity (Wildman–Crippen MR) is 134 cm³/mol. The summed E-state index contributed by atoms with van der Waals surface area (Å²) in [4.78, 5) is 26.1. The van der Waals surface area contributed by atoms with Gasteiger partial charge in [0.25, 0.3) is 0 Å². The maximum atomic E-state index is 13.1. The number of benzene rings is 3. The molecule has 180 valence electrons. The molecule has 3 aromatic carbocycles. The zero-order valence-corrected chi connectivity index (χ0v) is 20.9. The number of carbonyl (C=O) groups excluding carboxylic acids is 1. The van der Waals surface area contributed by atoms with E-state index in [-0.39, 0.29) is 27.2 Å². The zero-order valence-electron chi connectivity index (χ0n) is 20.1. The molecule has 4 aromatic rings. The molecule has 0 radical (unpaired) electrons. The van der Waals surface area contributed by atoms with Crippen LogP contribution in [0.15, 0.2) is 74.8 Å². The summed E-state index contributed by atoms with van der Waals surface area (Å²) in [6, 6.07) is 16.7. The molecule has 0 aliphatic heterocycles. The minimum Gasteiger partial charge on any atom is -0.460 e. The molecular weight excluding hydrogens is 466 g/mol. The second-order valence-electron chi connectivity index (χ2n) is 8.48. The van der Waals surface area contributed by atoms with E-state index in [2.05, 4.69) is 0 Å². The van der Waals surface area contributed by atoms with Crippen LogP contribution in [0.25, 0.3) is 22.1 Å². The minimum absolute atomic E-state index is 0.0445. The van der Waals surface area contributed by atoms with Gasteiger partial charge in [-0.2, -0.15) is 0 Å². The van der Waals surface area contributed by atoms with E-state index < -0.39 is 16.0 Å². The molecule has 0 unspecified atom stereocenters. The van der Waals surface area contributed by atoms with Crippen molar-refractivity contribution in [1.82, 2.24) is 4.31 Å². The Morgan fingerprint density at radius 3 is 2.29 bits per heavy atom. The van der Waals surface area contributed by atoms with Crippen LogP contribution >= 0.6 is 0 Å². The standard InChI is InChI=1S/C27H25NO6S/c1-16-13-20(14-24(17(16)2)35(31,32)28(4)5)27(30)34-21-11-12-22-23(15-21)33-18(3)25(26(22)29)19-9-7-6-8-10-19/h6-15H,1-5H3. The highest BCUT2D eigenvalue weighted by Crippen LogP contribution is 2.28. The Balaban J connectivity index is 1.71. The summed E-state index contributed by atoms with van der Waals surface area (Å²) >= 11 is 0. The Morgan fingerprint density at radius 1 is 0.943 bits per heavy atom. The molecule has 0 spiro atoms. The number of esters is 1. The molecule has 7 nitrogen and oxygen atoms in total. The number of nitrogens with zero attached hydrogens (tertiary/aromatic N) is 1. The normalized spacial score (nSPS) is 11.7. The molecule has 1 aromatic heterocycles. The van der Waals surface area contributed by atoms with Crippen LogP contribution in [0.1, 0.15) is 27.2 Å². The smallest absolute Gasteiger partial charge is 0.343 e. The number of carbonyl (C=O) groups is 1. The first-order chi connectivity index (χ1) is 16.5. The summed E-state index contributed by atoms with van der Waals surface area (Å²) in [6.07, 6.45) is 0. The lowest BCUT2D eigenvalue weighted by Crippen LogP contribution is -2.24. The predicted octanol–water partition coefficient (Wildman–Crippen LogP) is 4.85. The van der Waals surface area contributed by atoms with Crippen molar-refractivity contribution >= 4 is 27.0 Å². The van der Waals surface area contributed by atoms with Crippen LogP contribution < -0.4 is 10.2 Å². The second kappa shape index (κ2) is 9.13. The van der Waals surface area contributed by atoms with Crippen molar-refractivity contribution in [3.05, 3.63) is 93.3 Å². The summed E-state index contributed by atoms with van der Waals surface area (Å²) in [6.45, 7) is 5.14. The summed E-state index contributed by atoms with van der Waals surface area (Å²) in [5.41, 5.74) is 2.66. The van der Waals surface area contributed by atoms with Crippen LogP contribution in [0, 0.1) is 20.8 Å². The summed E-state index contributed by atoms with van der Waals surface area (Å²) < 4.78 is 37.9. The molecule has 0 N–H and O–H groups in total. The number of sulfonamides is 1. The minimum atomic E-state index is -3.75. The van der Waals surface area contributed by atoms with Gasteiger partial charge < -0.3 is 9.15 Å². The van der Waals surface area contributed by atoms with Gasteiger partial charge in [0, 0.05) is 20.2 Å². The fraction of sp³-hybridized carbons (Fsp3) is 0.185. The topological polar surface area (TPSA) is 93.9 Å².